The van der Waals surface area contributed by atoms with E-state index in [0.29, 0.717) is 29.8 Å². The molecule has 0 saturated heterocycles. The molecule has 1 saturated carbocycles. The number of thioether (sulfide) groups is 1. The molecule has 1 fully saturated rings. The molecule has 1 aromatic heterocycles. The molecule has 42 heavy (non-hydrogen) atoms. The van der Waals surface area contributed by atoms with E-state index in [2.05, 4.69) is 20.9 Å². The van der Waals surface area contributed by atoms with Crippen molar-refractivity contribution in [3.63, 3.8) is 0 Å². The minimum Gasteiger partial charge on any atom is -0.464 e. The van der Waals surface area contributed by atoms with E-state index in [1.807, 2.05) is 44.2 Å². The quantitative estimate of drug-likeness (QED) is 0.312. The third kappa shape index (κ3) is 8.88. The standard InChI is InChI=1S/C31H40N4O6S/c1-6-41-29(39)26(16-22-12-13-25(32-18-22)23-10-9-11-24(17-23)33-20(4)36)34-30(40)31(14-7-8-15-31)35-28(38)27(19(2)3)42-21(5)37/h9-13,17-19,26-27H,6-8,14-16H2,1-5H3,(H,33,36)(H,34,40)(H,35,38)/t26?,27-/m0/s1. The number of anilines is 1. The molecule has 1 unspecified atom stereocenters. The molecule has 2 atom stereocenters. The van der Waals surface area contributed by atoms with Gasteiger partial charge in [-0.2, -0.15) is 0 Å². The largest absolute Gasteiger partial charge is 0.464 e. The summed E-state index contributed by atoms with van der Waals surface area (Å²) in [5.74, 6) is -1.67. The number of pyridine rings is 1. The highest BCUT2D eigenvalue weighted by atomic mass is 32.2. The van der Waals surface area contributed by atoms with Crippen LogP contribution in [0.5, 0.6) is 0 Å². The lowest BCUT2D eigenvalue weighted by Gasteiger charge is -2.33. The fraction of sp³-hybridized carbons (Fsp3) is 0.484. The fourth-order valence-electron chi connectivity index (χ4n) is 5.01. The fourth-order valence-corrected chi connectivity index (χ4v) is 5.80. The van der Waals surface area contributed by atoms with Crippen LogP contribution in [-0.4, -0.2) is 57.2 Å². The molecule has 0 bridgehead atoms. The lowest BCUT2D eigenvalue weighted by Crippen LogP contribution is -2.61. The van der Waals surface area contributed by atoms with Gasteiger partial charge in [-0.3, -0.25) is 24.2 Å². The van der Waals surface area contributed by atoms with Gasteiger partial charge in [-0.05, 0) is 49.4 Å². The number of hydrogen-bond acceptors (Lipinski definition) is 8. The monoisotopic (exact) mass is 596 g/mol. The summed E-state index contributed by atoms with van der Waals surface area (Å²) in [5.41, 5.74) is 1.68. The van der Waals surface area contributed by atoms with E-state index in [4.69, 9.17) is 4.74 Å². The third-order valence-electron chi connectivity index (χ3n) is 7.03. The number of nitrogens with one attached hydrogen (secondary N) is 3. The van der Waals surface area contributed by atoms with Crippen LogP contribution >= 0.6 is 11.8 Å². The third-order valence-corrected chi connectivity index (χ3v) is 8.38. The maximum absolute atomic E-state index is 13.7. The molecule has 1 aliphatic rings. The zero-order valence-corrected chi connectivity index (χ0v) is 25.6. The number of amides is 3. The Hall–Kier alpha value is -3.73. The highest BCUT2D eigenvalue weighted by Gasteiger charge is 2.45. The van der Waals surface area contributed by atoms with E-state index in [-0.39, 0.29) is 35.9 Å². The Morgan fingerprint density at radius 2 is 1.76 bits per heavy atom. The Kier molecular flexibility index (Phi) is 11.7. The first kappa shape index (κ1) is 32.8. The number of carbonyl (C=O) groups is 5. The van der Waals surface area contributed by atoms with Gasteiger partial charge >= 0.3 is 5.97 Å². The maximum atomic E-state index is 13.7. The molecular weight excluding hydrogens is 556 g/mol. The topological polar surface area (TPSA) is 144 Å². The maximum Gasteiger partial charge on any atom is 0.328 e. The van der Waals surface area contributed by atoms with Gasteiger partial charge in [0, 0.05) is 37.7 Å². The van der Waals surface area contributed by atoms with E-state index < -0.39 is 28.7 Å². The summed E-state index contributed by atoms with van der Waals surface area (Å²) in [6.45, 7) is 8.41. The van der Waals surface area contributed by atoms with Gasteiger partial charge in [-0.25, -0.2) is 4.79 Å². The average molecular weight is 597 g/mol. The van der Waals surface area contributed by atoms with Gasteiger partial charge < -0.3 is 20.7 Å². The van der Waals surface area contributed by atoms with Crippen LogP contribution in [0, 0.1) is 5.92 Å². The van der Waals surface area contributed by atoms with Gasteiger partial charge in [0.25, 0.3) is 0 Å². The number of benzene rings is 1. The van der Waals surface area contributed by atoms with E-state index in [1.165, 1.54) is 13.8 Å². The summed E-state index contributed by atoms with van der Waals surface area (Å²) >= 11 is 0.957. The Morgan fingerprint density at radius 1 is 1.05 bits per heavy atom. The Bertz CT molecular complexity index is 1290. The second-order valence-electron chi connectivity index (χ2n) is 10.8. The smallest absolute Gasteiger partial charge is 0.328 e. The van der Waals surface area contributed by atoms with Crippen LogP contribution in [0.15, 0.2) is 42.6 Å². The van der Waals surface area contributed by atoms with Crippen LogP contribution in [0.3, 0.4) is 0 Å². The van der Waals surface area contributed by atoms with Crippen LogP contribution in [-0.2, 0) is 35.1 Å². The van der Waals surface area contributed by atoms with Crippen LogP contribution in [0.4, 0.5) is 5.69 Å². The predicted octanol–water partition coefficient (Wildman–Crippen LogP) is 4.03. The summed E-state index contributed by atoms with van der Waals surface area (Å²) < 4.78 is 5.27. The van der Waals surface area contributed by atoms with Crippen molar-refractivity contribution >= 4 is 46.3 Å². The van der Waals surface area contributed by atoms with Crippen molar-refractivity contribution in [2.75, 3.05) is 11.9 Å². The zero-order valence-electron chi connectivity index (χ0n) is 24.8. The van der Waals surface area contributed by atoms with Crippen molar-refractivity contribution in [2.24, 2.45) is 5.92 Å². The zero-order chi connectivity index (χ0) is 30.9. The van der Waals surface area contributed by atoms with Crippen LogP contribution in [0.25, 0.3) is 11.3 Å². The second-order valence-corrected chi connectivity index (χ2v) is 12.2. The number of nitrogens with zero attached hydrogens (tertiary/aromatic N) is 1. The lowest BCUT2D eigenvalue weighted by molar-refractivity contribution is -0.148. The number of hydrogen-bond donors (Lipinski definition) is 3. The molecule has 2 aromatic rings. The molecule has 1 heterocycles. The van der Waals surface area contributed by atoms with Gasteiger partial charge in [-0.15, -0.1) is 0 Å². The summed E-state index contributed by atoms with van der Waals surface area (Å²) in [6, 6.07) is 9.95. The lowest BCUT2D eigenvalue weighted by atomic mass is 9.94. The Morgan fingerprint density at radius 3 is 2.33 bits per heavy atom. The number of esters is 1. The molecule has 1 aliphatic carbocycles. The summed E-state index contributed by atoms with van der Waals surface area (Å²) in [6.07, 6.45) is 4.14. The second kappa shape index (κ2) is 14.9. The molecule has 3 amide bonds. The number of rotatable bonds is 12. The summed E-state index contributed by atoms with van der Waals surface area (Å²) in [5, 5.41) is 7.75. The molecule has 3 rings (SSSR count). The minimum atomic E-state index is -1.17. The molecule has 0 radical (unpaired) electrons. The summed E-state index contributed by atoms with van der Waals surface area (Å²) in [7, 11) is 0. The highest BCUT2D eigenvalue weighted by molar-refractivity contribution is 8.14. The Balaban J connectivity index is 1.78. The van der Waals surface area contributed by atoms with Gasteiger partial charge in [0.1, 0.15) is 11.6 Å². The molecule has 226 valence electrons. The average Bonchev–Trinajstić information content (AvgIpc) is 3.41. The van der Waals surface area contributed by atoms with Crippen LogP contribution < -0.4 is 16.0 Å². The van der Waals surface area contributed by atoms with Gasteiger partial charge in [0.2, 0.25) is 17.7 Å². The number of carbonyl (C=O) groups excluding carboxylic acids is 5. The van der Waals surface area contributed by atoms with Crippen LogP contribution in [0.2, 0.25) is 0 Å². The number of ether oxygens (including phenoxy) is 1. The van der Waals surface area contributed by atoms with E-state index in [0.717, 1.165) is 30.2 Å². The SMILES string of the molecule is CCOC(=O)C(Cc1ccc(-c2cccc(NC(C)=O)c2)nc1)NC(=O)C1(NC(=O)[C@@H](SC(C)=O)C(C)C)CCCC1. The molecule has 0 aliphatic heterocycles. The molecule has 0 spiro atoms. The Labute approximate surface area is 251 Å². The van der Waals surface area contributed by atoms with E-state index >= 15 is 0 Å². The first-order chi connectivity index (χ1) is 19.9. The molecule has 11 heteroatoms. The summed E-state index contributed by atoms with van der Waals surface area (Å²) in [4.78, 5) is 67.6. The molecule has 10 nitrogen and oxygen atoms in total. The van der Waals surface area contributed by atoms with Crippen molar-refractivity contribution < 1.29 is 28.7 Å². The first-order valence-corrected chi connectivity index (χ1v) is 15.1. The predicted molar refractivity (Wildman–Crippen MR) is 162 cm³/mol. The number of aromatic nitrogens is 1. The molecule has 1 aromatic carbocycles. The van der Waals surface area contributed by atoms with Crippen molar-refractivity contribution in [3.05, 3.63) is 48.2 Å². The van der Waals surface area contributed by atoms with E-state index in [9.17, 15) is 24.0 Å². The van der Waals surface area contributed by atoms with Crippen molar-refractivity contribution in [2.45, 2.75) is 83.6 Å². The molecule has 3 N–H and O–H groups in total. The normalized spacial score (nSPS) is 15.4. The minimum absolute atomic E-state index is 0.115. The van der Waals surface area contributed by atoms with Crippen LogP contribution in [0.1, 0.15) is 65.9 Å². The van der Waals surface area contributed by atoms with Gasteiger partial charge in [0.15, 0.2) is 5.12 Å². The first-order valence-electron chi connectivity index (χ1n) is 14.2. The van der Waals surface area contributed by atoms with E-state index in [1.54, 1.807) is 19.2 Å². The van der Waals surface area contributed by atoms with Gasteiger partial charge in [-0.1, -0.05) is 56.7 Å². The highest BCUT2D eigenvalue weighted by Crippen LogP contribution is 2.32. The van der Waals surface area contributed by atoms with Crippen molar-refractivity contribution in [1.82, 2.24) is 15.6 Å². The van der Waals surface area contributed by atoms with Gasteiger partial charge in [0.05, 0.1) is 17.6 Å². The van der Waals surface area contributed by atoms with Crippen molar-refractivity contribution in [1.29, 1.82) is 0 Å². The molecular formula is C31H40N4O6S. The van der Waals surface area contributed by atoms with Crippen molar-refractivity contribution in [3.8, 4) is 11.3 Å².